The van der Waals surface area contributed by atoms with Crippen molar-refractivity contribution in [2.24, 2.45) is 0 Å². The topological polar surface area (TPSA) is 28.7 Å². The summed E-state index contributed by atoms with van der Waals surface area (Å²) in [5.74, 6) is -0.397. The second-order valence-corrected chi connectivity index (χ2v) is 4.72. The lowest BCUT2D eigenvalue weighted by atomic mass is 10.1. The number of nitrogens with one attached hydrogen (secondary N) is 1. The van der Waals surface area contributed by atoms with Crippen LogP contribution in [0.5, 0.6) is 0 Å². The van der Waals surface area contributed by atoms with Crippen LogP contribution in [0.4, 0.5) is 8.78 Å². The summed E-state index contributed by atoms with van der Waals surface area (Å²) in [4.78, 5) is 7.19. The van der Waals surface area contributed by atoms with Gasteiger partial charge in [0, 0.05) is 17.5 Å². The first-order valence-corrected chi connectivity index (χ1v) is 5.95. The van der Waals surface area contributed by atoms with Gasteiger partial charge in [-0.25, -0.2) is 13.8 Å². The highest BCUT2D eigenvalue weighted by molar-refractivity contribution is 7.71. The summed E-state index contributed by atoms with van der Waals surface area (Å²) in [5, 5.41) is 0. The van der Waals surface area contributed by atoms with E-state index in [0.29, 0.717) is 16.2 Å². The van der Waals surface area contributed by atoms with E-state index in [1.807, 2.05) is 13.8 Å². The molecule has 18 heavy (non-hydrogen) atoms. The highest BCUT2D eigenvalue weighted by Crippen LogP contribution is 2.23. The molecule has 0 saturated carbocycles. The summed E-state index contributed by atoms with van der Waals surface area (Å²) >= 11 is 5.05. The van der Waals surface area contributed by atoms with Gasteiger partial charge in [0.25, 0.3) is 0 Å². The molecule has 94 valence electrons. The number of benzene rings is 1. The van der Waals surface area contributed by atoms with Crippen LogP contribution in [0.15, 0.2) is 24.3 Å². The molecule has 5 heteroatoms. The van der Waals surface area contributed by atoms with Crippen LogP contribution >= 0.6 is 12.2 Å². The zero-order chi connectivity index (χ0) is 13.3. The number of aromatic amines is 1. The average molecular weight is 266 g/mol. The van der Waals surface area contributed by atoms with Crippen LogP contribution in [0.1, 0.15) is 25.6 Å². The molecule has 2 nitrogen and oxygen atoms in total. The fourth-order valence-corrected chi connectivity index (χ4v) is 1.82. The van der Waals surface area contributed by atoms with Crippen molar-refractivity contribution in [3.05, 3.63) is 46.4 Å². The van der Waals surface area contributed by atoms with E-state index in [-0.39, 0.29) is 11.5 Å². The first-order valence-electron chi connectivity index (χ1n) is 5.54. The number of H-pyrrole nitrogens is 1. The average Bonchev–Trinajstić information content (AvgIpc) is 2.27. The summed E-state index contributed by atoms with van der Waals surface area (Å²) in [6, 6.07) is 5.01. The van der Waals surface area contributed by atoms with E-state index in [2.05, 4.69) is 9.97 Å². The summed E-state index contributed by atoms with van der Waals surface area (Å²) in [5.41, 5.74) is 0.794. The van der Waals surface area contributed by atoms with Crippen LogP contribution < -0.4 is 0 Å². The van der Waals surface area contributed by atoms with Gasteiger partial charge in [0.05, 0.1) is 5.69 Å². The second kappa shape index (κ2) is 4.94. The van der Waals surface area contributed by atoms with Crippen molar-refractivity contribution in [3.63, 3.8) is 0 Å². The minimum Gasteiger partial charge on any atom is -0.343 e. The predicted octanol–water partition coefficient (Wildman–Crippen LogP) is 4.21. The fourth-order valence-electron chi connectivity index (χ4n) is 1.60. The first kappa shape index (κ1) is 12.8. The molecular weight excluding hydrogens is 254 g/mol. The third kappa shape index (κ3) is 2.61. The Balaban J connectivity index is 2.60. The minimum absolute atomic E-state index is 0.148. The number of rotatable bonds is 2. The summed E-state index contributed by atoms with van der Waals surface area (Å²) in [7, 11) is 0. The van der Waals surface area contributed by atoms with Gasteiger partial charge in [-0.1, -0.05) is 26.1 Å². The highest BCUT2D eigenvalue weighted by Gasteiger charge is 2.09. The standard InChI is InChI=1S/C13H12F2N2S/c1-7(2)13-16-11(6-12(18)17-13)9-4-3-8(14)5-10(9)15/h3-7H,1-2H3,(H,16,17,18). The van der Waals surface area contributed by atoms with E-state index in [0.717, 1.165) is 6.07 Å². The number of hydrogen-bond donors (Lipinski definition) is 1. The molecule has 0 aliphatic rings. The van der Waals surface area contributed by atoms with E-state index in [1.54, 1.807) is 6.07 Å². The quantitative estimate of drug-likeness (QED) is 0.825. The number of halogens is 2. The third-order valence-corrected chi connectivity index (χ3v) is 2.74. The first-order chi connectivity index (χ1) is 8.47. The zero-order valence-electron chi connectivity index (χ0n) is 10.00. The lowest BCUT2D eigenvalue weighted by Gasteiger charge is -2.09. The Morgan fingerprint density at radius 2 is 1.94 bits per heavy atom. The molecule has 0 radical (unpaired) electrons. The molecule has 0 spiro atoms. The van der Waals surface area contributed by atoms with Crippen molar-refractivity contribution in [2.75, 3.05) is 0 Å². The molecule has 0 amide bonds. The molecule has 1 N–H and O–H groups in total. The molecule has 0 fully saturated rings. The lowest BCUT2D eigenvalue weighted by Crippen LogP contribution is -2.00. The Hall–Kier alpha value is -1.62. The monoisotopic (exact) mass is 266 g/mol. The maximum absolute atomic E-state index is 13.7. The molecule has 0 atom stereocenters. The molecule has 2 aromatic rings. The van der Waals surface area contributed by atoms with Crippen LogP contribution in [-0.4, -0.2) is 9.97 Å². The summed E-state index contributed by atoms with van der Waals surface area (Å²) in [6.07, 6.45) is 0. The number of hydrogen-bond acceptors (Lipinski definition) is 2. The molecule has 0 saturated heterocycles. The molecule has 1 aromatic heterocycles. The molecule has 2 rings (SSSR count). The van der Waals surface area contributed by atoms with Gasteiger partial charge >= 0.3 is 0 Å². The maximum Gasteiger partial charge on any atom is 0.135 e. The highest BCUT2D eigenvalue weighted by atomic mass is 32.1. The normalized spacial score (nSPS) is 10.9. The Morgan fingerprint density at radius 3 is 2.56 bits per heavy atom. The molecule has 0 aliphatic heterocycles. The van der Waals surface area contributed by atoms with Gasteiger partial charge in [-0.3, -0.25) is 0 Å². The Kier molecular flexibility index (Phi) is 3.52. The zero-order valence-corrected chi connectivity index (χ0v) is 10.8. The van der Waals surface area contributed by atoms with Crippen molar-refractivity contribution in [3.8, 4) is 11.3 Å². The van der Waals surface area contributed by atoms with Gasteiger partial charge in [0.2, 0.25) is 0 Å². The van der Waals surface area contributed by atoms with E-state index in [4.69, 9.17) is 12.2 Å². The summed E-state index contributed by atoms with van der Waals surface area (Å²) in [6.45, 7) is 3.91. The molecule has 0 unspecified atom stereocenters. The lowest BCUT2D eigenvalue weighted by molar-refractivity contribution is 0.585. The Morgan fingerprint density at radius 1 is 1.22 bits per heavy atom. The van der Waals surface area contributed by atoms with Crippen molar-refractivity contribution >= 4 is 12.2 Å². The van der Waals surface area contributed by atoms with Crippen LogP contribution in [-0.2, 0) is 0 Å². The molecule has 0 aliphatic carbocycles. The van der Waals surface area contributed by atoms with Gasteiger partial charge in [-0.15, -0.1) is 0 Å². The van der Waals surface area contributed by atoms with E-state index in [9.17, 15) is 8.78 Å². The van der Waals surface area contributed by atoms with Gasteiger partial charge in [-0.2, -0.15) is 0 Å². The van der Waals surface area contributed by atoms with E-state index < -0.39 is 11.6 Å². The summed E-state index contributed by atoms with van der Waals surface area (Å²) < 4.78 is 26.9. The minimum atomic E-state index is -0.624. The van der Waals surface area contributed by atoms with Crippen LogP contribution in [0, 0.1) is 16.3 Å². The molecule has 1 aromatic carbocycles. The van der Waals surface area contributed by atoms with Gasteiger partial charge in [0.15, 0.2) is 0 Å². The third-order valence-electron chi connectivity index (χ3n) is 2.53. The molecule has 1 heterocycles. The van der Waals surface area contributed by atoms with E-state index >= 15 is 0 Å². The van der Waals surface area contributed by atoms with Crippen molar-refractivity contribution in [1.82, 2.24) is 9.97 Å². The van der Waals surface area contributed by atoms with Crippen molar-refractivity contribution in [2.45, 2.75) is 19.8 Å². The van der Waals surface area contributed by atoms with Gasteiger partial charge in [0.1, 0.15) is 22.1 Å². The van der Waals surface area contributed by atoms with Crippen LogP contribution in [0.2, 0.25) is 0 Å². The number of nitrogens with zero attached hydrogens (tertiary/aromatic N) is 1. The largest absolute Gasteiger partial charge is 0.343 e. The SMILES string of the molecule is CC(C)c1nc(=S)cc(-c2ccc(F)cc2F)[nH]1. The number of aromatic nitrogens is 2. The maximum atomic E-state index is 13.7. The Bertz CT molecular complexity index is 635. The van der Waals surface area contributed by atoms with Crippen molar-refractivity contribution < 1.29 is 8.78 Å². The van der Waals surface area contributed by atoms with Crippen molar-refractivity contribution in [1.29, 1.82) is 0 Å². The fraction of sp³-hybridized carbons (Fsp3) is 0.231. The second-order valence-electron chi connectivity index (χ2n) is 4.30. The van der Waals surface area contributed by atoms with Crippen LogP contribution in [0.25, 0.3) is 11.3 Å². The molecule has 0 bridgehead atoms. The van der Waals surface area contributed by atoms with E-state index in [1.165, 1.54) is 12.1 Å². The molecular formula is C13H12F2N2S. The van der Waals surface area contributed by atoms with Crippen LogP contribution in [0.3, 0.4) is 0 Å². The Labute approximate surface area is 109 Å². The van der Waals surface area contributed by atoms with Gasteiger partial charge < -0.3 is 4.98 Å². The predicted molar refractivity (Wildman–Crippen MR) is 68.9 cm³/mol. The van der Waals surface area contributed by atoms with Gasteiger partial charge in [-0.05, 0) is 18.2 Å². The smallest absolute Gasteiger partial charge is 0.135 e.